The molecule has 2 nitrogen and oxygen atoms in total. The summed E-state index contributed by atoms with van der Waals surface area (Å²) in [7, 11) is 1.99. The van der Waals surface area contributed by atoms with Gasteiger partial charge in [0.25, 0.3) is 0 Å². The minimum absolute atomic E-state index is 0.0483. The number of nitrogens with zero attached hydrogens (tertiary/aromatic N) is 1. The van der Waals surface area contributed by atoms with Crippen molar-refractivity contribution < 1.29 is 8.78 Å². The van der Waals surface area contributed by atoms with Gasteiger partial charge in [-0.15, -0.1) is 0 Å². The van der Waals surface area contributed by atoms with Gasteiger partial charge in [0.2, 0.25) is 0 Å². The third kappa shape index (κ3) is 3.18. The summed E-state index contributed by atoms with van der Waals surface area (Å²) in [5, 5.41) is 0. The molecule has 0 spiro atoms. The Morgan fingerprint density at radius 1 is 1.30 bits per heavy atom. The van der Waals surface area contributed by atoms with Crippen LogP contribution in [0.2, 0.25) is 0 Å². The largest absolute Gasteiger partial charge is 0.329 e. The fourth-order valence-corrected chi connectivity index (χ4v) is 3.11. The molecule has 20 heavy (non-hydrogen) atoms. The van der Waals surface area contributed by atoms with E-state index in [-0.39, 0.29) is 5.54 Å². The van der Waals surface area contributed by atoms with E-state index in [4.69, 9.17) is 5.73 Å². The molecule has 1 aromatic carbocycles. The van der Waals surface area contributed by atoms with Gasteiger partial charge in [0.15, 0.2) is 0 Å². The highest BCUT2D eigenvalue weighted by Crippen LogP contribution is 2.36. The maximum atomic E-state index is 13.8. The summed E-state index contributed by atoms with van der Waals surface area (Å²) in [4.78, 5) is 2.15. The van der Waals surface area contributed by atoms with Gasteiger partial charge in [-0.25, -0.2) is 8.78 Å². The van der Waals surface area contributed by atoms with Crippen molar-refractivity contribution in [1.82, 2.24) is 4.90 Å². The second kappa shape index (κ2) is 6.19. The van der Waals surface area contributed by atoms with Crippen LogP contribution in [0.15, 0.2) is 18.2 Å². The molecular weight excluding hydrogens is 258 g/mol. The number of rotatable bonds is 4. The Bertz CT molecular complexity index is 454. The summed E-state index contributed by atoms with van der Waals surface area (Å²) in [6, 6.07) is 3.78. The van der Waals surface area contributed by atoms with Gasteiger partial charge in [0.05, 0.1) is 0 Å². The Kier molecular flexibility index (Phi) is 4.76. The summed E-state index contributed by atoms with van der Waals surface area (Å²) < 4.78 is 26.7. The zero-order valence-electron chi connectivity index (χ0n) is 12.3. The number of hydrogen-bond acceptors (Lipinski definition) is 2. The van der Waals surface area contributed by atoms with Gasteiger partial charge in [-0.1, -0.05) is 13.0 Å². The molecule has 0 saturated heterocycles. The molecule has 0 heterocycles. The summed E-state index contributed by atoms with van der Waals surface area (Å²) in [6.07, 6.45) is 4.41. The fraction of sp³-hybridized carbons (Fsp3) is 0.625. The van der Waals surface area contributed by atoms with Crippen molar-refractivity contribution in [3.63, 3.8) is 0 Å². The van der Waals surface area contributed by atoms with Crippen LogP contribution < -0.4 is 5.73 Å². The lowest BCUT2D eigenvalue weighted by molar-refractivity contribution is 0.0607. The highest BCUT2D eigenvalue weighted by atomic mass is 19.1. The summed E-state index contributed by atoms with van der Waals surface area (Å²) in [5.74, 6) is -0.271. The summed E-state index contributed by atoms with van der Waals surface area (Å²) in [6.45, 7) is 3.32. The molecule has 0 bridgehead atoms. The quantitative estimate of drug-likeness (QED) is 0.918. The van der Waals surface area contributed by atoms with Gasteiger partial charge in [-0.2, -0.15) is 0 Å². The molecule has 2 rings (SSSR count). The molecule has 0 radical (unpaired) electrons. The average Bonchev–Trinajstić information content (AvgIpc) is 2.43. The Morgan fingerprint density at radius 3 is 2.50 bits per heavy atom. The van der Waals surface area contributed by atoms with Crippen molar-refractivity contribution in [2.75, 3.05) is 13.6 Å². The van der Waals surface area contributed by atoms with E-state index in [1.807, 2.05) is 7.05 Å². The maximum Gasteiger partial charge on any atom is 0.130 e. The molecule has 1 saturated carbocycles. The van der Waals surface area contributed by atoms with Crippen molar-refractivity contribution in [3.8, 4) is 0 Å². The number of nitrogens with two attached hydrogens (primary N) is 1. The van der Waals surface area contributed by atoms with E-state index in [2.05, 4.69) is 11.8 Å². The normalized spacial score (nSPS) is 27.0. The van der Waals surface area contributed by atoms with Crippen LogP contribution in [0.4, 0.5) is 8.78 Å². The van der Waals surface area contributed by atoms with E-state index in [0.29, 0.717) is 18.7 Å². The third-order valence-electron chi connectivity index (χ3n) is 4.82. The van der Waals surface area contributed by atoms with Crippen LogP contribution in [0.3, 0.4) is 0 Å². The number of halogens is 2. The number of hydrogen-bond donors (Lipinski definition) is 1. The Balaban J connectivity index is 2.11. The topological polar surface area (TPSA) is 29.3 Å². The van der Waals surface area contributed by atoms with Crippen molar-refractivity contribution >= 4 is 0 Å². The molecule has 1 fully saturated rings. The van der Waals surface area contributed by atoms with E-state index in [1.165, 1.54) is 12.1 Å². The lowest BCUT2D eigenvalue weighted by atomic mass is 9.76. The highest BCUT2D eigenvalue weighted by Gasteiger charge is 2.36. The van der Waals surface area contributed by atoms with Crippen LogP contribution in [-0.4, -0.2) is 24.0 Å². The minimum atomic E-state index is -0.533. The van der Waals surface area contributed by atoms with Gasteiger partial charge in [-0.05, 0) is 44.7 Å². The Morgan fingerprint density at radius 2 is 1.95 bits per heavy atom. The van der Waals surface area contributed by atoms with Crippen LogP contribution in [0.5, 0.6) is 0 Å². The molecule has 0 amide bonds. The van der Waals surface area contributed by atoms with E-state index in [1.54, 1.807) is 0 Å². The molecule has 112 valence electrons. The standard InChI is InChI=1S/C16H24F2N2/c1-12-5-7-16(11-19,8-6-12)20(2)10-13-3-4-14(17)9-15(13)18/h3-4,9,12H,5-8,10-11,19H2,1-2H3. The first kappa shape index (κ1) is 15.4. The van der Waals surface area contributed by atoms with Gasteiger partial charge in [0.1, 0.15) is 11.6 Å². The Labute approximate surface area is 120 Å². The zero-order valence-corrected chi connectivity index (χ0v) is 12.3. The van der Waals surface area contributed by atoms with E-state index in [9.17, 15) is 8.78 Å². The molecule has 0 aliphatic heterocycles. The van der Waals surface area contributed by atoms with Crippen LogP contribution in [0.25, 0.3) is 0 Å². The van der Waals surface area contributed by atoms with Crippen molar-refractivity contribution in [1.29, 1.82) is 0 Å². The number of likely N-dealkylation sites (N-methyl/N-ethyl adjacent to an activating group) is 1. The molecule has 2 N–H and O–H groups in total. The third-order valence-corrected chi connectivity index (χ3v) is 4.82. The summed E-state index contributed by atoms with van der Waals surface area (Å²) >= 11 is 0. The smallest absolute Gasteiger partial charge is 0.130 e. The van der Waals surface area contributed by atoms with Crippen LogP contribution in [-0.2, 0) is 6.54 Å². The van der Waals surface area contributed by atoms with Crippen molar-refractivity contribution in [3.05, 3.63) is 35.4 Å². The predicted octanol–water partition coefficient (Wildman–Crippen LogP) is 3.30. The van der Waals surface area contributed by atoms with Gasteiger partial charge in [-0.3, -0.25) is 4.90 Å². The van der Waals surface area contributed by atoms with E-state index < -0.39 is 11.6 Å². The molecule has 0 unspecified atom stereocenters. The zero-order chi connectivity index (χ0) is 14.8. The molecule has 4 heteroatoms. The predicted molar refractivity (Wildman–Crippen MR) is 77.2 cm³/mol. The van der Waals surface area contributed by atoms with E-state index >= 15 is 0 Å². The van der Waals surface area contributed by atoms with Gasteiger partial charge >= 0.3 is 0 Å². The fourth-order valence-electron chi connectivity index (χ4n) is 3.11. The minimum Gasteiger partial charge on any atom is -0.329 e. The monoisotopic (exact) mass is 282 g/mol. The second-order valence-electron chi connectivity index (χ2n) is 6.20. The average molecular weight is 282 g/mol. The van der Waals surface area contributed by atoms with E-state index in [0.717, 1.165) is 37.7 Å². The SMILES string of the molecule is CC1CCC(CN)(N(C)Cc2ccc(F)cc2F)CC1. The lowest BCUT2D eigenvalue weighted by Crippen LogP contribution is -2.53. The lowest BCUT2D eigenvalue weighted by Gasteiger charge is -2.45. The molecule has 0 aromatic heterocycles. The first-order chi connectivity index (χ1) is 9.47. The van der Waals surface area contributed by atoms with Crippen molar-refractivity contribution in [2.24, 2.45) is 11.7 Å². The first-order valence-corrected chi connectivity index (χ1v) is 7.32. The van der Waals surface area contributed by atoms with Gasteiger partial charge in [0, 0.05) is 30.3 Å². The van der Waals surface area contributed by atoms with Crippen LogP contribution in [0.1, 0.15) is 38.2 Å². The van der Waals surface area contributed by atoms with Gasteiger partial charge < -0.3 is 5.73 Å². The Hall–Kier alpha value is -1.00. The molecule has 1 aliphatic carbocycles. The van der Waals surface area contributed by atoms with Crippen molar-refractivity contribution in [2.45, 2.75) is 44.7 Å². The molecule has 1 aliphatic rings. The van der Waals surface area contributed by atoms with Crippen LogP contribution >= 0.6 is 0 Å². The number of benzene rings is 1. The maximum absolute atomic E-state index is 13.8. The molecular formula is C16H24F2N2. The molecule has 0 atom stereocenters. The highest BCUT2D eigenvalue weighted by molar-refractivity contribution is 5.19. The van der Waals surface area contributed by atoms with Crippen LogP contribution in [0, 0.1) is 17.6 Å². The second-order valence-corrected chi connectivity index (χ2v) is 6.20. The molecule has 1 aromatic rings. The first-order valence-electron chi connectivity index (χ1n) is 7.32. The summed E-state index contributed by atoms with van der Waals surface area (Å²) in [5.41, 5.74) is 6.48.